The summed E-state index contributed by atoms with van der Waals surface area (Å²) < 4.78 is 0. The van der Waals surface area contributed by atoms with Crippen molar-refractivity contribution in [2.45, 2.75) is 44.3 Å². The van der Waals surface area contributed by atoms with Crippen LogP contribution >= 0.6 is 11.8 Å². The van der Waals surface area contributed by atoms with E-state index in [4.69, 9.17) is 0 Å². The van der Waals surface area contributed by atoms with Crippen LogP contribution in [0.25, 0.3) is 6.08 Å². The maximum absolute atomic E-state index is 13.4. The van der Waals surface area contributed by atoms with E-state index in [2.05, 4.69) is 22.0 Å². The smallest absolute Gasteiger partial charge is 0.272 e. The number of thioether (sulfide) groups is 1. The van der Waals surface area contributed by atoms with Gasteiger partial charge in [0.1, 0.15) is 5.70 Å². The van der Waals surface area contributed by atoms with Crippen molar-refractivity contribution in [2.24, 2.45) is 0 Å². The predicted octanol–water partition coefficient (Wildman–Crippen LogP) is 7.53. The zero-order valence-corrected chi connectivity index (χ0v) is 25.0. The van der Waals surface area contributed by atoms with E-state index in [0.29, 0.717) is 17.7 Å². The lowest BCUT2D eigenvalue weighted by atomic mass is 10.1. The summed E-state index contributed by atoms with van der Waals surface area (Å²) in [4.78, 5) is 40.3. The molecule has 0 spiro atoms. The lowest BCUT2D eigenvalue weighted by Gasteiger charge is -2.16. The predicted molar refractivity (Wildman–Crippen MR) is 173 cm³/mol. The Bertz CT molecular complexity index is 1580. The number of anilines is 2. The van der Waals surface area contributed by atoms with Gasteiger partial charge in [-0.3, -0.25) is 14.4 Å². The summed E-state index contributed by atoms with van der Waals surface area (Å²) in [6.45, 7) is 7.97. The van der Waals surface area contributed by atoms with E-state index in [1.54, 1.807) is 36.4 Å². The lowest BCUT2D eigenvalue weighted by molar-refractivity contribution is -0.116. The molecule has 0 aliphatic carbocycles. The summed E-state index contributed by atoms with van der Waals surface area (Å²) in [5, 5.41) is 8.40. The second-order valence-electron chi connectivity index (χ2n) is 10.2. The van der Waals surface area contributed by atoms with Crippen LogP contribution in [0.5, 0.6) is 0 Å². The highest BCUT2D eigenvalue weighted by molar-refractivity contribution is 8.00. The standard InChI is InChI=1S/C35H35N3O3S/c1-5-32(35(41)37-29-19-24(3)18-25(4)20-29)42-30-13-9-12-28(22-30)36-34(40)31(21-26-16-14-23(2)15-17-26)38-33(39)27-10-7-6-8-11-27/h6-22,32H,5H2,1-4H3,(H,36,40)(H,37,41)(H,38,39)/b31-21-. The van der Waals surface area contributed by atoms with Crippen molar-refractivity contribution < 1.29 is 14.4 Å². The van der Waals surface area contributed by atoms with Gasteiger partial charge in [-0.25, -0.2) is 0 Å². The maximum atomic E-state index is 13.4. The molecule has 4 rings (SSSR count). The number of benzene rings is 4. The number of nitrogens with one attached hydrogen (secondary N) is 3. The first-order chi connectivity index (χ1) is 20.2. The molecule has 0 heterocycles. The average molecular weight is 578 g/mol. The van der Waals surface area contributed by atoms with Gasteiger partial charge < -0.3 is 16.0 Å². The normalized spacial score (nSPS) is 11.9. The molecular weight excluding hydrogens is 542 g/mol. The Kier molecular flexibility index (Phi) is 10.3. The molecule has 3 N–H and O–H groups in total. The zero-order valence-electron chi connectivity index (χ0n) is 24.2. The molecule has 42 heavy (non-hydrogen) atoms. The van der Waals surface area contributed by atoms with Crippen LogP contribution in [0.1, 0.15) is 46.0 Å². The fourth-order valence-electron chi connectivity index (χ4n) is 4.37. The molecule has 0 saturated heterocycles. The molecule has 3 amide bonds. The molecule has 0 radical (unpaired) electrons. The monoisotopic (exact) mass is 577 g/mol. The van der Waals surface area contributed by atoms with Crippen LogP contribution < -0.4 is 16.0 Å². The van der Waals surface area contributed by atoms with E-state index >= 15 is 0 Å². The number of hydrogen-bond acceptors (Lipinski definition) is 4. The second-order valence-corrected chi connectivity index (χ2v) is 11.4. The third kappa shape index (κ3) is 8.69. The topological polar surface area (TPSA) is 87.3 Å². The molecule has 0 saturated carbocycles. The van der Waals surface area contributed by atoms with Crippen molar-refractivity contribution in [2.75, 3.05) is 10.6 Å². The van der Waals surface area contributed by atoms with Crippen LogP contribution in [0.4, 0.5) is 11.4 Å². The molecule has 4 aromatic carbocycles. The third-order valence-electron chi connectivity index (χ3n) is 6.44. The number of amides is 3. The van der Waals surface area contributed by atoms with Crippen LogP contribution in [0.3, 0.4) is 0 Å². The van der Waals surface area contributed by atoms with Crippen LogP contribution in [0.2, 0.25) is 0 Å². The molecule has 214 valence electrons. The van der Waals surface area contributed by atoms with Gasteiger partial charge in [0.15, 0.2) is 0 Å². The van der Waals surface area contributed by atoms with Crippen LogP contribution in [-0.4, -0.2) is 23.0 Å². The summed E-state index contributed by atoms with van der Waals surface area (Å²) in [5.74, 6) is -0.912. The van der Waals surface area contributed by atoms with Gasteiger partial charge in [0, 0.05) is 21.8 Å². The molecule has 0 aromatic heterocycles. The molecule has 6 nitrogen and oxygen atoms in total. The molecule has 0 aliphatic heterocycles. The summed E-state index contributed by atoms with van der Waals surface area (Å²) >= 11 is 1.44. The van der Waals surface area contributed by atoms with Crippen LogP contribution in [0, 0.1) is 20.8 Å². The van der Waals surface area contributed by atoms with Crippen molar-refractivity contribution in [1.29, 1.82) is 0 Å². The summed E-state index contributed by atoms with van der Waals surface area (Å²) in [7, 11) is 0. The van der Waals surface area contributed by atoms with Gasteiger partial charge in [-0.2, -0.15) is 0 Å². The van der Waals surface area contributed by atoms with E-state index in [1.807, 2.05) is 88.4 Å². The van der Waals surface area contributed by atoms with E-state index in [9.17, 15) is 14.4 Å². The summed E-state index contributed by atoms with van der Waals surface area (Å²) in [6, 6.07) is 29.8. The van der Waals surface area contributed by atoms with Gasteiger partial charge >= 0.3 is 0 Å². The molecule has 0 fully saturated rings. The van der Waals surface area contributed by atoms with Gasteiger partial charge in [-0.1, -0.05) is 67.1 Å². The summed E-state index contributed by atoms with van der Waals surface area (Å²) in [6.07, 6.45) is 2.28. The molecule has 4 aromatic rings. The highest BCUT2D eigenvalue weighted by atomic mass is 32.2. The fourth-order valence-corrected chi connectivity index (χ4v) is 5.39. The molecule has 1 unspecified atom stereocenters. The number of hydrogen-bond donors (Lipinski definition) is 3. The largest absolute Gasteiger partial charge is 0.325 e. The van der Waals surface area contributed by atoms with Gasteiger partial charge in [0.25, 0.3) is 11.8 Å². The van der Waals surface area contributed by atoms with Gasteiger partial charge in [0.05, 0.1) is 5.25 Å². The summed E-state index contributed by atoms with van der Waals surface area (Å²) in [5.41, 5.74) is 5.95. The second kappa shape index (κ2) is 14.3. The zero-order chi connectivity index (χ0) is 30.1. The highest BCUT2D eigenvalue weighted by Crippen LogP contribution is 2.29. The van der Waals surface area contributed by atoms with Crippen molar-refractivity contribution in [3.05, 3.63) is 131 Å². The minimum Gasteiger partial charge on any atom is -0.325 e. The Labute approximate surface area is 251 Å². The van der Waals surface area contributed by atoms with Crippen molar-refractivity contribution in [3.63, 3.8) is 0 Å². The molecular formula is C35H35N3O3S. The Morgan fingerprint density at radius 3 is 2.10 bits per heavy atom. The third-order valence-corrected chi connectivity index (χ3v) is 7.80. The number of rotatable bonds is 10. The van der Waals surface area contributed by atoms with Gasteiger partial charge in [-0.15, -0.1) is 11.8 Å². The number of carbonyl (C=O) groups excluding carboxylic acids is 3. The SMILES string of the molecule is CCC(Sc1cccc(NC(=O)/C(=C/c2ccc(C)cc2)NC(=O)c2ccccc2)c1)C(=O)Nc1cc(C)cc(C)c1. The minimum absolute atomic E-state index is 0.0751. The van der Waals surface area contributed by atoms with Crippen molar-refractivity contribution in [1.82, 2.24) is 5.32 Å². The van der Waals surface area contributed by atoms with E-state index in [-0.39, 0.29) is 22.8 Å². The maximum Gasteiger partial charge on any atom is 0.272 e. The van der Waals surface area contributed by atoms with Crippen molar-refractivity contribution >= 4 is 46.9 Å². The van der Waals surface area contributed by atoms with Crippen LogP contribution in [0.15, 0.2) is 108 Å². The number of aryl methyl sites for hydroxylation is 3. The first-order valence-electron chi connectivity index (χ1n) is 13.8. The molecule has 0 aliphatic rings. The first kappa shape index (κ1) is 30.3. The Morgan fingerprint density at radius 1 is 0.738 bits per heavy atom. The Balaban J connectivity index is 1.50. The van der Waals surface area contributed by atoms with E-state index in [0.717, 1.165) is 32.8 Å². The van der Waals surface area contributed by atoms with Crippen LogP contribution in [-0.2, 0) is 9.59 Å². The molecule has 0 bridgehead atoms. The minimum atomic E-state index is -0.457. The van der Waals surface area contributed by atoms with Crippen molar-refractivity contribution in [3.8, 4) is 0 Å². The first-order valence-corrected chi connectivity index (χ1v) is 14.7. The van der Waals surface area contributed by atoms with Gasteiger partial charge in [-0.05, 0) is 92.4 Å². The molecule has 7 heteroatoms. The fraction of sp³-hybridized carbons (Fsp3) is 0.171. The van der Waals surface area contributed by atoms with Gasteiger partial charge in [0.2, 0.25) is 5.91 Å². The molecule has 1 atom stereocenters. The Hall–Kier alpha value is -4.62. The quantitative estimate of drug-likeness (QED) is 0.134. The van der Waals surface area contributed by atoms with E-state index < -0.39 is 5.91 Å². The lowest BCUT2D eigenvalue weighted by Crippen LogP contribution is -2.30. The average Bonchev–Trinajstić information content (AvgIpc) is 2.96. The van der Waals surface area contributed by atoms with E-state index in [1.165, 1.54) is 11.8 Å². The number of carbonyl (C=O) groups is 3. The highest BCUT2D eigenvalue weighted by Gasteiger charge is 2.19. The Morgan fingerprint density at radius 2 is 1.43 bits per heavy atom.